The molecule has 0 spiro atoms. The lowest BCUT2D eigenvalue weighted by Crippen LogP contribution is -2.22. The molecule has 6 heteroatoms. The Morgan fingerprint density at radius 2 is 1.54 bits per heavy atom. The van der Waals surface area contributed by atoms with Crippen molar-refractivity contribution in [1.29, 1.82) is 0 Å². The zero-order chi connectivity index (χ0) is 27.6. The van der Waals surface area contributed by atoms with E-state index < -0.39 is 17.5 Å². The van der Waals surface area contributed by atoms with Crippen LogP contribution in [-0.4, -0.2) is 19.3 Å². The van der Waals surface area contributed by atoms with Gasteiger partial charge < -0.3 is 14.2 Å². The van der Waals surface area contributed by atoms with Crippen molar-refractivity contribution in [2.75, 3.05) is 13.2 Å². The van der Waals surface area contributed by atoms with Crippen LogP contribution < -0.4 is 9.47 Å². The first-order valence-electron chi connectivity index (χ1n) is 13.8. The molecule has 0 atom stereocenters. The molecule has 39 heavy (non-hydrogen) atoms. The Kier molecular flexibility index (Phi) is 10.5. The van der Waals surface area contributed by atoms with E-state index in [1.807, 2.05) is 24.3 Å². The summed E-state index contributed by atoms with van der Waals surface area (Å²) in [5, 5.41) is 0. The fourth-order valence-electron chi connectivity index (χ4n) is 4.91. The van der Waals surface area contributed by atoms with Gasteiger partial charge in [0.25, 0.3) is 0 Å². The minimum atomic E-state index is -0.948. The largest absolute Gasteiger partial charge is 0.490 e. The number of hydrogen-bond acceptors (Lipinski definition) is 3. The third-order valence-corrected chi connectivity index (χ3v) is 7.24. The summed E-state index contributed by atoms with van der Waals surface area (Å²) in [7, 11) is 0. The van der Waals surface area contributed by atoms with Crippen molar-refractivity contribution < 1.29 is 27.4 Å². The highest BCUT2D eigenvalue weighted by atomic mass is 19.2. The molecular formula is C33H37F3O3. The Hall–Kier alpha value is -3.25. The fraction of sp³-hybridized carbons (Fsp3) is 0.394. The number of halogens is 3. The summed E-state index contributed by atoms with van der Waals surface area (Å²) in [6.45, 7) is 6.98. The minimum absolute atomic E-state index is 0.00951. The van der Waals surface area contributed by atoms with Crippen LogP contribution in [0.2, 0.25) is 0 Å². The predicted octanol–water partition coefficient (Wildman–Crippen LogP) is 9.15. The lowest BCUT2D eigenvalue weighted by Gasteiger charge is -2.29. The molecular weight excluding hydrogens is 501 g/mol. The third-order valence-electron chi connectivity index (χ3n) is 7.24. The van der Waals surface area contributed by atoms with Gasteiger partial charge in [0.15, 0.2) is 23.1 Å². The van der Waals surface area contributed by atoms with Gasteiger partial charge in [0.05, 0.1) is 12.7 Å². The topological polar surface area (TPSA) is 27.7 Å². The Bertz CT molecular complexity index is 1220. The van der Waals surface area contributed by atoms with Gasteiger partial charge in [-0.2, -0.15) is 4.39 Å². The van der Waals surface area contributed by atoms with E-state index in [0.29, 0.717) is 24.2 Å². The molecule has 1 saturated carbocycles. The van der Waals surface area contributed by atoms with Crippen LogP contribution in [-0.2, 0) is 11.3 Å². The Labute approximate surface area is 229 Å². The second kappa shape index (κ2) is 14.2. The molecule has 3 nitrogen and oxygen atoms in total. The van der Waals surface area contributed by atoms with Crippen LogP contribution in [0.25, 0.3) is 11.1 Å². The second-order valence-corrected chi connectivity index (χ2v) is 10.0. The third kappa shape index (κ3) is 7.66. The molecule has 4 rings (SSSR count). The Morgan fingerprint density at radius 3 is 2.23 bits per heavy atom. The van der Waals surface area contributed by atoms with Gasteiger partial charge >= 0.3 is 0 Å². The van der Waals surface area contributed by atoms with E-state index in [2.05, 4.69) is 13.5 Å². The first-order chi connectivity index (χ1) is 19.0. The van der Waals surface area contributed by atoms with E-state index in [1.165, 1.54) is 12.1 Å². The summed E-state index contributed by atoms with van der Waals surface area (Å²) in [5.41, 5.74) is 2.73. The summed E-state index contributed by atoms with van der Waals surface area (Å²) < 4.78 is 61.2. The maximum Gasteiger partial charge on any atom is 0.200 e. The molecule has 1 fully saturated rings. The van der Waals surface area contributed by atoms with E-state index in [-0.39, 0.29) is 30.1 Å². The molecule has 0 saturated heterocycles. The van der Waals surface area contributed by atoms with Crippen molar-refractivity contribution in [2.45, 2.75) is 70.5 Å². The Balaban J connectivity index is 1.32. The van der Waals surface area contributed by atoms with Crippen LogP contribution in [0.1, 0.15) is 68.9 Å². The zero-order valence-corrected chi connectivity index (χ0v) is 22.6. The van der Waals surface area contributed by atoms with Gasteiger partial charge in [-0.15, -0.1) is 6.58 Å². The van der Waals surface area contributed by atoms with Gasteiger partial charge in [-0.25, -0.2) is 8.78 Å². The minimum Gasteiger partial charge on any atom is -0.490 e. The van der Waals surface area contributed by atoms with E-state index in [9.17, 15) is 13.2 Å². The summed E-state index contributed by atoms with van der Waals surface area (Å²) >= 11 is 0. The average Bonchev–Trinajstić information content (AvgIpc) is 2.96. The van der Waals surface area contributed by atoms with Gasteiger partial charge in [-0.3, -0.25) is 0 Å². The highest BCUT2D eigenvalue weighted by Crippen LogP contribution is 2.37. The van der Waals surface area contributed by atoms with Crippen LogP contribution in [0.4, 0.5) is 13.2 Å². The van der Waals surface area contributed by atoms with Crippen molar-refractivity contribution in [3.63, 3.8) is 0 Å². The van der Waals surface area contributed by atoms with Crippen LogP contribution in [0.15, 0.2) is 67.3 Å². The molecule has 1 aliphatic carbocycles. The molecule has 0 heterocycles. The molecule has 0 bridgehead atoms. The molecule has 0 aliphatic heterocycles. The fourth-order valence-corrected chi connectivity index (χ4v) is 4.91. The molecule has 0 aromatic heterocycles. The van der Waals surface area contributed by atoms with Crippen molar-refractivity contribution >= 4 is 0 Å². The van der Waals surface area contributed by atoms with Gasteiger partial charge in [-0.05, 0) is 84.9 Å². The van der Waals surface area contributed by atoms with Crippen molar-refractivity contribution in [3.05, 3.63) is 95.8 Å². The number of ether oxygens (including phenoxy) is 3. The highest BCUT2D eigenvalue weighted by molar-refractivity contribution is 5.64. The van der Waals surface area contributed by atoms with Gasteiger partial charge in [-0.1, -0.05) is 55.8 Å². The van der Waals surface area contributed by atoms with E-state index in [4.69, 9.17) is 14.2 Å². The van der Waals surface area contributed by atoms with E-state index in [1.54, 1.807) is 24.3 Å². The maximum atomic E-state index is 15.0. The molecule has 208 valence electrons. The standard InChI is InChI=1S/C33H37F3O3/c1-3-5-19-37-27-14-11-25(12-15-27)28-16-18-31(33(36)32(28)35)39-22-23-7-9-24(10-8-23)26-13-17-30(29(34)21-26)38-20-6-4-2/h4,7-10,13,16-18,21,25,27H,2-3,5-6,11-12,14-15,19-20,22H2,1H3. The highest BCUT2D eigenvalue weighted by Gasteiger charge is 2.27. The van der Waals surface area contributed by atoms with Gasteiger partial charge in [0.1, 0.15) is 6.61 Å². The predicted molar refractivity (Wildman–Crippen MR) is 149 cm³/mol. The smallest absolute Gasteiger partial charge is 0.200 e. The molecule has 3 aromatic rings. The summed E-state index contributed by atoms with van der Waals surface area (Å²) in [5.74, 6) is -2.11. The number of hydrogen-bond donors (Lipinski definition) is 0. The first kappa shape index (κ1) is 28.8. The summed E-state index contributed by atoms with van der Waals surface area (Å²) in [6.07, 6.45) is 8.02. The van der Waals surface area contributed by atoms with E-state index in [0.717, 1.165) is 56.3 Å². The van der Waals surface area contributed by atoms with Crippen molar-refractivity contribution in [1.82, 2.24) is 0 Å². The second-order valence-electron chi connectivity index (χ2n) is 10.0. The number of rotatable bonds is 13. The molecule has 0 N–H and O–H groups in total. The van der Waals surface area contributed by atoms with Gasteiger partial charge in [0, 0.05) is 6.61 Å². The van der Waals surface area contributed by atoms with Crippen molar-refractivity contribution in [3.8, 4) is 22.6 Å². The normalized spacial score (nSPS) is 17.1. The lowest BCUT2D eigenvalue weighted by atomic mass is 9.82. The molecule has 0 unspecified atom stereocenters. The van der Waals surface area contributed by atoms with Crippen LogP contribution in [0, 0.1) is 17.5 Å². The van der Waals surface area contributed by atoms with Crippen LogP contribution in [0.3, 0.4) is 0 Å². The van der Waals surface area contributed by atoms with Crippen LogP contribution in [0.5, 0.6) is 11.5 Å². The zero-order valence-electron chi connectivity index (χ0n) is 22.6. The number of unbranched alkanes of at least 4 members (excludes halogenated alkanes) is 1. The lowest BCUT2D eigenvalue weighted by molar-refractivity contribution is 0.0230. The van der Waals surface area contributed by atoms with Gasteiger partial charge in [0.2, 0.25) is 5.82 Å². The average molecular weight is 539 g/mol. The number of benzene rings is 3. The summed E-state index contributed by atoms with van der Waals surface area (Å²) in [4.78, 5) is 0. The maximum absolute atomic E-state index is 15.0. The Morgan fingerprint density at radius 1 is 0.821 bits per heavy atom. The first-order valence-corrected chi connectivity index (χ1v) is 13.8. The molecule has 0 radical (unpaired) electrons. The quantitative estimate of drug-likeness (QED) is 0.160. The van der Waals surface area contributed by atoms with Crippen LogP contribution >= 0.6 is 0 Å². The molecule has 3 aromatic carbocycles. The molecule has 0 amide bonds. The van der Waals surface area contributed by atoms with E-state index >= 15 is 0 Å². The summed E-state index contributed by atoms with van der Waals surface area (Å²) in [6, 6.07) is 15.3. The SMILES string of the molecule is C=CCCOc1ccc(-c2ccc(COc3ccc(C4CCC(OCCCC)CC4)c(F)c3F)cc2)cc1F. The monoisotopic (exact) mass is 538 g/mol. The van der Waals surface area contributed by atoms with Crippen molar-refractivity contribution in [2.24, 2.45) is 0 Å². The molecule has 1 aliphatic rings.